The first-order chi connectivity index (χ1) is 15.9. The molecule has 33 heavy (non-hydrogen) atoms. The minimum Gasteiger partial charge on any atom is -0.481 e. The van der Waals surface area contributed by atoms with Crippen LogP contribution in [0.3, 0.4) is 0 Å². The molecule has 0 aromatic heterocycles. The van der Waals surface area contributed by atoms with Crippen LogP contribution >= 0.6 is 0 Å². The van der Waals surface area contributed by atoms with Gasteiger partial charge in [0.25, 0.3) is 5.91 Å². The number of piperazine rings is 1. The van der Waals surface area contributed by atoms with E-state index in [1.54, 1.807) is 35.2 Å². The number of carboxylic acid groups (broad SMARTS) is 1. The number of aliphatic carboxylic acids is 1. The van der Waals surface area contributed by atoms with Crippen LogP contribution in [0.15, 0.2) is 60.7 Å². The average Bonchev–Trinajstić information content (AvgIpc) is 2.84. The monoisotopic (exact) mass is 447 g/mol. The van der Waals surface area contributed by atoms with Gasteiger partial charge in [-0.1, -0.05) is 42.0 Å². The molecule has 2 N–H and O–H groups in total. The molecule has 1 aliphatic carbocycles. The summed E-state index contributed by atoms with van der Waals surface area (Å²) in [6, 6.07) is 15.3. The highest BCUT2D eigenvalue weighted by Gasteiger charge is 2.34. The number of hydrogen-bond acceptors (Lipinski definition) is 4. The zero-order valence-electron chi connectivity index (χ0n) is 18.7. The lowest BCUT2D eigenvalue weighted by atomic mass is 9.82. The summed E-state index contributed by atoms with van der Waals surface area (Å²) in [5.41, 5.74) is 3.21. The summed E-state index contributed by atoms with van der Waals surface area (Å²) >= 11 is 0. The van der Waals surface area contributed by atoms with Crippen molar-refractivity contribution < 1.29 is 19.5 Å². The Hall–Kier alpha value is -3.61. The number of nitrogens with one attached hydrogen (secondary N) is 1. The number of benzene rings is 2. The molecule has 2 aromatic carbocycles. The van der Waals surface area contributed by atoms with E-state index >= 15 is 0 Å². The van der Waals surface area contributed by atoms with E-state index in [0.717, 1.165) is 18.8 Å². The van der Waals surface area contributed by atoms with Gasteiger partial charge in [-0.3, -0.25) is 14.4 Å². The summed E-state index contributed by atoms with van der Waals surface area (Å²) in [5, 5.41) is 12.3. The molecule has 172 valence electrons. The van der Waals surface area contributed by atoms with Crippen LogP contribution in [-0.4, -0.2) is 54.0 Å². The predicted octanol–water partition coefficient (Wildman–Crippen LogP) is 3.56. The van der Waals surface area contributed by atoms with Crippen molar-refractivity contribution in [3.8, 4) is 0 Å². The van der Waals surface area contributed by atoms with Crippen molar-refractivity contribution >= 4 is 29.2 Å². The van der Waals surface area contributed by atoms with Gasteiger partial charge >= 0.3 is 5.97 Å². The fourth-order valence-electron chi connectivity index (χ4n) is 4.47. The van der Waals surface area contributed by atoms with Gasteiger partial charge in [0.15, 0.2) is 0 Å². The smallest absolute Gasteiger partial charge is 0.307 e. The summed E-state index contributed by atoms with van der Waals surface area (Å²) in [7, 11) is 0. The van der Waals surface area contributed by atoms with E-state index in [4.69, 9.17) is 0 Å². The summed E-state index contributed by atoms with van der Waals surface area (Å²) in [4.78, 5) is 41.8. The van der Waals surface area contributed by atoms with Crippen molar-refractivity contribution in [3.63, 3.8) is 0 Å². The average molecular weight is 448 g/mol. The van der Waals surface area contributed by atoms with Gasteiger partial charge in [0.1, 0.15) is 0 Å². The second kappa shape index (κ2) is 9.90. The van der Waals surface area contributed by atoms with E-state index in [1.807, 2.05) is 6.08 Å². The molecule has 0 spiro atoms. The fourth-order valence-corrected chi connectivity index (χ4v) is 4.47. The summed E-state index contributed by atoms with van der Waals surface area (Å²) in [5.74, 6) is -2.89. The molecule has 0 saturated carbocycles. The number of nitrogens with zero attached hydrogens (tertiary/aromatic N) is 2. The first-order valence-electron chi connectivity index (χ1n) is 11.3. The quantitative estimate of drug-likeness (QED) is 0.684. The minimum atomic E-state index is -0.977. The van der Waals surface area contributed by atoms with Gasteiger partial charge in [-0.15, -0.1) is 0 Å². The van der Waals surface area contributed by atoms with Gasteiger partial charge in [-0.2, -0.15) is 0 Å². The first-order valence-corrected chi connectivity index (χ1v) is 11.3. The van der Waals surface area contributed by atoms with Crippen molar-refractivity contribution in [2.45, 2.75) is 19.8 Å². The third-order valence-corrected chi connectivity index (χ3v) is 6.47. The molecule has 1 saturated heterocycles. The van der Waals surface area contributed by atoms with Gasteiger partial charge in [0, 0.05) is 31.9 Å². The zero-order chi connectivity index (χ0) is 23.4. The number of allylic oxidation sites excluding steroid dienone is 2. The lowest BCUT2D eigenvalue weighted by Gasteiger charge is -2.36. The highest BCUT2D eigenvalue weighted by atomic mass is 16.4. The Balaban J connectivity index is 1.43. The number of carbonyl (C=O) groups excluding carboxylic acids is 2. The molecular formula is C26H29N3O4. The molecule has 1 heterocycles. The molecule has 0 radical (unpaired) electrons. The van der Waals surface area contributed by atoms with Crippen molar-refractivity contribution in [1.82, 2.24) is 4.90 Å². The van der Waals surface area contributed by atoms with Crippen LogP contribution in [0.4, 0.5) is 11.4 Å². The van der Waals surface area contributed by atoms with Crippen LogP contribution in [0.5, 0.6) is 0 Å². The van der Waals surface area contributed by atoms with Crippen LogP contribution in [0.25, 0.3) is 0 Å². The number of anilines is 2. The number of aryl methyl sites for hydroxylation is 1. The SMILES string of the molecule is Cc1ccc(N2CCN(C(=O)c3ccccc3NC(=O)[C@@H]3CC=CC[C@@H]3C(=O)O)CC2)cc1. The van der Waals surface area contributed by atoms with Crippen LogP contribution < -0.4 is 10.2 Å². The molecule has 4 rings (SSSR count). The van der Waals surface area contributed by atoms with Gasteiger partial charge in [-0.25, -0.2) is 0 Å². The van der Waals surface area contributed by atoms with E-state index in [-0.39, 0.29) is 11.8 Å². The number of rotatable bonds is 5. The fraction of sp³-hybridized carbons (Fsp3) is 0.346. The molecule has 1 fully saturated rings. The van der Waals surface area contributed by atoms with Crippen molar-refractivity contribution in [2.24, 2.45) is 11.8 Å². The Morgan fingerprint density at radius 3 is 2.18 bits per heavy atom. The van der Waals surface area contributed by atoms with E-state index in [1.165, 1.54) is 5.56 Å². The number of carbonyl (C=O) groups is 3. The van der Waals surface area contributed by atoms with Crippen molar-refractivity contribution in [2.75, 3.05) is 36.4 Å². The lowest BCUT2D eigenvalue weighted by molar-refractivity contribution is -0.146. The van der Waals surface area contributed by atoms with Crippen LogP contribution in [0.1, 0.15) is 28.8 Å². The Bertz CT molecular complexity index is 1060. The normalized spacial score (nSPS) is 20.4. The van der Waals surface area contributed by atoms with Gasteiger partial charge in [0.05, 0.1) is 23.1 Å². The lowest BCUT2D eigenvalue weighted by Crippen LogP contribution is -2.49. The largest absolute Gasteiger partial charge is 0.481 e. The van der Waals surface area contributed by atoms with Crippen molar-refractivity contribution in [3.05, 3.63) is 71.8 Å². The highest BCUT2D eigenvalue weighted by molar-refractivity contribution is 6.04. The number of para-hydroxylation sites is 1. The number of amides is 2. The molecule has 2 aromatic rings. The molecule has 7 nitrogen and oxygen atoms in total. The van der Waals surface area contributed by atoms with Gasteiger partial charge < -0.3 is 20.2 Å². The van der Waals surface area contributed by atoms with E-state index in [2.05, 4.69) is 41.4 Å². The second-order valence-electron chi connectivity index (χ2n) is 8.64. The van der Waals surface area contributed by atoms with Crippen LogP contribution in [0.2, 0.25) is 0 Å². The molecule has 2 amide bonds. The molecule has 7 heteroatoms. The zero-order valence-corrected chi connectivity index (χ0v) is 18.7. The highest BCUT2D eigenvalue weighted by Crippen LogP contribution is 2.28. The van der Waals surface area contributed by atoms with E-state index in [0.29, 0.717) is 37.2 Å². The maximum atomic E-state index is 13.3. The summed E-state index contributed by atoms with van der Waals surface area (Å²) in [6.07, 6.45) is 4.35. The van der Waals surface area contributed by atoms with Crippen LogP contribution in [0, 0.1) is 18.8 Å². The molecule has 0 unspecified atom stereocenters. The van der Waals surface area contributed by atoms with Gasteiger partial charge in [0.2, 0.25) is 5.91 Å². The third-order valence-electron chi connectivity index (χ3n) is 6.47. The Morgan fingerprint density at radius 1 is 0.879 bits per heavy atom. The second-order valence-corrected chi connectivity index (χ2v) is 8.64. The summed E-state index contributed by atoms with van der Waals surface area (Å²) < 4.78 is 0. The standard InChI is InChI=1S/C26H29N3O4/c1-18-10-12-19(13-11-18)28-14-16-29(17-15-28)25(31)22-8-4-5-9-23(22)27-24(30)20-6-2-3-7-21(20)26(32)33/h2-5,8-13,20-21H,6-7,14-17H2,1H3,(H,27,30)(H,32,33)/t20-,21+/m1/s1. The Morgan fingerprint density at radius 2 is 1.52 bits per heavy atom. The molecule has 1 aliphatic heterocycles. The molecule has 2 atom stereocenters. The summed E-state index contributed by atoms with van der Waals surface area (Å²) in [6.45, 7) is 4.70. The molecule has 0 bridgehead atoms. The minimum absolute atomic E-state index is 0.132. The van der Waals surface area contributed by atoms with Gasteiger partial charge in [-0.05, 0) is 44.0 Å². The van der Waals surface area contributed by atoms with E-state index in [9.17, 15) is 19.5 Å². The van der Waals surface area contributed by atoms with Crippen molar-refractivity contribution in [1.29, 1.82) is 0 Å². The first kappa shape index (κ1) is 22.6. The predicted molar refractivity (Wildman–Crippen MR) is 127 cm³/mol. The Labute approximate surface area is 193 Å². The maximum Gasteiger partial charge on any atom is 0.307 e. The number of carboxylic acids is 1. The molecular weight excluding hydrogens is 418 g/mol. The topological polar surface area (TPSA) is 90.0 Å². The molecule has 2 aliphatic rings. The number of hydrogen-bond donors (Lipinski definition) is 2. The third kappa shape index (κ3) is 5.08. The maximum absolute atomic E-state index is 13.3. The van der Waals surface area contributed by atoms with Crippen LogP contribution in [-0.2, 0) is 9.59 Å². The van der Waals surface area contributed by atoms with E-state index < -0.39 is 17.8 Å². The Kier molecular flexibility index (Phi) is 6.77.